The fraction of sp³-hybridized carbons (Fsp3) is 0.562. The second-order valence-electron chi connectivity index (χ2n) is 5.47. The monoisotopic (exact) mass is 364 g/mol. The lowest BCUT2D eigenvalue weighted by molar-refractivity contribution is -0.141. The first kappa shape index (κ1) is 20.7. The maximum Gasteiger partial charge on any atom is 0.404 e. The van der Waals surface area contributed by atoms with Crippen molar-refractivity contribution >= 4 is 13.6 Å². The number of aryl methyl sites for hydroxylation is 1. The number of benzene rings is 1. The van der Waals surface area contributed by atoms with Crippen LogP contribution >= 0.6 is 7.60 Å². The summed E-state index contributed by atoms with van der Waals surface area (Å²) in [6.45, 7) is 5.59. The number of carboxylic acid groups (broad SMARTS) is 1. The molecule has 24 heavy (non-hydrogen) atoms. The van der Waals surface area contributed by atoms with E-state index >= 15 is 0 Å². The van der Waals surface area contributed by atoms with Crippen LogP contribution in [0.5, 0.6) is 0 Å². The summed E-state index contributed by atoms with van der Waals surface area (Å²) in [6, 6.07) is 4.05. The van der Waals surface area contributed by atoms with Gasteiger partial charge in [-0.25, -0.2) is 0 Å². The van der Waals surface area contributed by atoms with E-state index in [-0.39, 0.29) is 25.2 Å². The molecule has 0 aromatic heterocycles. The van der Waals surface area contributed by atoms with Crippen molar-refractivity contribution in [1.29, 1.82) is 0 Å². The molecule has 0 spiro atoms. The molecule has 0 fully saturated rings. The third-order valence-electron chi connectivity index (χ3n) is 3.52. The van der Waals surface area contributed by atoms with Crippen molar-refractivity contribution in [3.8, 4) is 0 Å². The normalized spacial score (nSPS) is 13.8. The Bertz CT molecular complexity index is 623. The predicted octanol–water partition coefficient (Wildman–Crippen LogP) is 4.57. The molecule has 1 atom stereocenters. The minimum Gasteiger partial charge on any atom is -0.481 e. The zero-order valence-corrected chi connectivity index (χ0v) is 15.1. The van der Waals surface area contributed by atoms with Crippen LogP contribution in [0.4, 0.5) is 8.78 Å². The second kappa shape index (κ2) is 8.19. The maximum absolute atomic E-state index is 14.8. The highest BCUT2D eigenvalue weighted by Gasteiger charge is 2.55. The Kier molecular flexibility index (Phi) is 7.08. The van der Waals surface area contributed by atoms with Crippen molar-refractivity contribution in [2.45, 2.75) is 39.8 Å². The Morgan fingerprint density at radius 3 is 2.25 bits per heavy atom. The van der Waals surface area contributed by atoms with Gasteiger partial charge in [0.15, 0.2) is 0 Å². The lowest BCUT2D eigenvalue weighted by atomic mass is 9.97. The van der Waals surface area contributed by atoms with Gasteiger partial charge in [-0.15, -0.1) is 0 Å². The van der Waals surface area contributed by atoms with Crippen LogP contribution in [0.2, 0.25) is 0 Å². The molecule has 0 aliphatic carbocycles. The topological polar surface area (TPSA) is 72.8 Å². The van der Waals surface area contributed by atoms with E-state index in [9.17, 15) is 18.1 Å². The summed E-state index contributed by atoms with van der Waals surface area (Å²) < 4.78 is 51.5. The number of hydrogen-bond acceptors (Lipinski definition) is 4. The third kappa shape index (κ3) is 4.41. The summed E-state index contributed by atoms with van der Waals surface area (Å²) >= 11 is 0. The molecule has 0 aliphatic rings. The number of hydrogen-bond donors (Lipinski definition) is 1. The Balaban J connectivity index is 3.20. The van der Waals surface area contributed by atoms with E-state index < -0.39 is 30.7 Å². The van der Waals surface area contributed by atoms with E-state index in [2.05, 4.69) is 0 Å². The van der Waals surface area contributed by atoms with E-state index in [0.717, 1.165) is 6.07 Å². The standard InChI is InChI=1S/C16H23F2O5P/c1-5-22-24(21,23-6-2)16(17,18)14-8-7-13(9-11(14)3)10-12(4)15(19)20/h7-9,12H,5-6,10H2,1-4H3,(H,19,20)/t12-/m0/s1. The summed E-state index contributed by atoms with van der Waals surface area (Å²) in [7, 11) is -4.66. The zero-order chi connectivity index (χ0) is 18.5. The van der Waals surface area contributed by atoms with Gasteiger partial charge in [-0.2, -0.15) is 8.78 Å². The maximum atomic E-state index is 14.8. The number of rotatable bonds is 9. The number of carbonyl (C=O) groups is 1. The minimum atomic E-state index is -4.66. The van der Waals surface area contributed by atoms with E-state index in [1.807, 2.05) is 0 Å². The molecule has 0 amide bonds. The van der Waals surface area contributed by atoms with E-state index in [1.54, 1.807) is 6.92 Å². The van der Waals surface area contributed by atoms with Crippen molar-refractivity contribution in [2.75, 3.05) is 13.2 Å². The molecule has 8 heteroatoms. The minimum absolute atomic E-state index is 0.167. The molecule has 1 aromatic rings. The van der Waals surface area contributed by atoms with Gasteiger partial charge in [-0.1, -0.05) is 25.1 Å². The first-order valence-corrected chi connectivity index (χ1v) is 9.23. The summed E-state index contributed by atoms with van der Waals surface area (Å²) in [4.78, 5) is 10.9. The van der Waals surface area contributed by atoms with E-state index in [1.165, 1.54) is 32.9 Å². The molecule has 0 radical (unpaired) electrons. The molecule has 1 N–H and O–H groups in total. The second-order valence-corrected chi connectivity index (χ2v) is 7.54. The van der Waals surface area contributed by atoms with Gasteiger partial charge < -0.3 is 14.2 Å². The lowest BCUT2D eigenvalue weighted by Gasteiger charge is -2.27. The van der Waals surface area contributed by atoms with Gasteiger partial charge in [-0.3, -0.25) is 9.36 Å². The van der Waals surface area contributed by atoms with Crippen LogP contribution in [-0.2, 0) is 30.5 Å². The molecule has 0 saturated carbocycles. The average molecular weight is 364 g/mol. The third-order valence-corrected chi connectivity index (χ3v) is 5.65. The van der Waals surface area contributed by atoms with Gasteiger partial charge in [0.2, 0.25) is 0 Å². The zero-order valence-electron chi connectivity index (χ0n) is 14.2. The molecule has 0 saturated heterocycles. The van der Waals surface area contributed by atoms with Gasteiger partial charge in [0.25, 0.3) is 0 Å². The van der Waals surface area contributed by atoms with Gasteiger partial charge in [0.1, 0.15) is 0 Å². The molecular weight excluding hydrogens is 341 g/mol. The molecule has 1 aromatic carbocycles. The van der Waals surface area contributed by atoms with Gasteiger partial charge >= 0.3 is 19.2 Å². The Labute approximate surface area is 140 Å². The van der Waals surface area contributed by atoms with Crippen LogP contribution in [0, 0.1) is 12.8 Å². The van der Waals surface area contributed by atoms with Crippen molar-refractivity contribution in [3.05, 3.63) is 34.9 Å². The Morgan fingerprint density at radius 2 is 1.83 bits per heavy atom. The fourth-order valence-corrected chi connectivity index (χ4v) is 3.94. The summed E-state index contributed by atoms with van der Waals surface area (Å²) in [5.41, 5.74) is -3.42. The van der Waals surface area contributed by atoms with Crippen LogP contribution in [-0.4, -0.2) is 24.3 Å². The van der Waals surface area contributed by atoms with E-state index in [4.69, 9.17) is 14.2 Å². The summed E-state index contributed by atoms with van der Waals surface area (Å²) in [5.74, 6) is -1.59. The van der Waals surface area contributed by atoms with Gasteiger partial charge in [0.05, 0.1) is 19.1 Å². The first-order valence-electron chi connectivity index (χ1n) is 7.68. The molecule has 0 aliphatic heterocycles. The van der Waals surface area contributed by atoms with Crippen LogP contribution in [0.15, 0.2) is 18.2 Å². The van der Waals surface area contributed by atoms with Crippen molar-refractivity contribution in [2.24, 2.45) is 5.92 Å². The smallest absolute Gasteiger partial charge is 0.404 e. The number of halogens is 2. The number of aliphatic carboxylic acids is 1. The predicted molar refractivity (Wildman–Crippen MR) is 86.4 cm³/mol. The van der Waals surface area contributed by atoms with E-state index in [0.29, 0.717) is 5.56 Å². The SMILES string of the molecule is CCOP(=O)(OCC)C(F)(F)c1ccc(C[C@H](C)C(=O)O)cc1C. The molecule has 0 heterocycles. The van der Waals surface area contributed by atoms with Crippen LogP contribution in [0.25, 0.3) is 0 Å². The quantitative estimate of drug-likeness (QED) is 0.650. The van der Waals surface area contributed by atoms with Crippen LogP contribution < -0.4 is 0 Å². The summed E-state index contributed by atoms with van der Waals surface area (Å²) in [6.07, 6.45) is 0.219. The molecule has 136 valence electrons. The lowest BCUT2D eigenvalue weighted by Crippen LogP contribution is -2.20. The molecule has 0 bridgehead atoms. The van der Waals surface area contributed by atoms with Crippen molar-refractivity contribution in [3.63, 3.8) is 0 Å². The van der Waals surface area contributed by atoms with Crippen LogP contribution in [0.1, 0.15) is 37.5 Å². The van der Waals surface area contributed by atoms with Crippen LogP contribution in [0.3, 0.4) is 0 Å². The molecular formula is C16H23F2O5P. The molecule has 5 nitrogen and oxygen atoms in total. The first-order chi connectivity index (χ1) is 11.1. The van der Waals surface area contributed by atoms with Gasteiger partial charge in [-0.05, 0) is 38.3 Å². The Morgan fingerprint density at radius 1 is 1.29 bits per heavy atom. The highest BCUT2D eigenvalue weighted by atomic mass is 31.2. The molecule has 1 rings (SSSR count). The Hall–Kier alpha value is -1.30. The fourth-order valence-electron chi connectivity index (χ4n) is 2.32. The van der Waals surface area contributed by atoms with Crippen molar-refractivity contribution in [1.82, 2.24) is 0 Å². The highest BCUT2D eigenvalue weighted by Crippen LogP contribution is 2.67. The number of carboxylic acids is 1. The number of alkyl halides is 2. The molecule has 0 unspecified atom stereocenters. The average Bonchev–Trinajstić information content (AvgIpc) is 2.47. The summed E-state index contributed by atoms with van der Waals surface area (Å²) in [5, 5.41) is 8.93. The largest absolute Gasteiger partial charge is 0.481 e. The highest BCUT2D eigenvalue weighted by molar-refractivity contribution is 7.54. The van der Waals surface area contributed by atoms with Crippen molar-refractivity contribution < 1.29 is 32.3 Å². The van der Waals surface area contributed by atoms with Gasteiger partial charge in [0, 0.05) is 5.56 Å².